The molecular formula is C15H23NO2S. The van der Waals surface area contributed by atoms with E-state index in [1.807, 2.05) is 32.0 Å². The second-order valence-corrected chi connectivity index (χ2v) is 6.01. The van der Waals surface area contributed by atoms with Gasteiger partial charge in [0, 0.05) is 0 Å². The van der Waals surface area contributed by atoms with Gasteiger partial charge in [0.2, 0.25) is 5.91 Å². The number of aryl methyl sites for hydroxylation is 1. The molecule has 19 heavy (non-hydrogen) atoms. The van der Waals surface area contributed by atoms with Crippen molar-refractivity contribution in [2.24, 2.45) is 0 Å². The van der Waals surface area contributed by atoms with E-state index >= 15 is 0 Å². The predicted octanol–water partition coefficient (Wildman–Crippen LogP) is 2.24. The Balaban J connectivity index is 2.21. The van der Waals surface area contributed by atoms with E-state index in [0.29, 0.717) is 5.75 Å². The Labute approximate surface area is 119 Å². The average Bonchev–Trinajstić information content (AvgIpc) is 2.44. The Hall–Kier alpha value is -1.00. The normalized spacial score (nSPS) is 13.8. The molecule has 1 aromatic rings. The van der Waals surface area contributed by atoms with E-state index in [4.69, 9.17) is 0 Å². The van der Waals surface area contributed by atoms with Gasteiger partial charge in [-0.1, -0.05) is 37.3 Å². The molecule has 0 saturated carbocycles. The summed E-state index contributed by atoms with van der Waals surface area (Å²) in [7, 11) is 0. The van der Waals surface area contributed by atoms with Crippen molar-refractivity contribution in [3.8, 4) is 0 Å². The summed E-state index contributed by atoms with van der Waals surface area (Å²) in [6, 6.07) is 10.3. The third kappa shape index (κ3) is 6.12. The molecule has 0 radical (unpaired) electrons. The number of aliphatic hydroxyl groups is 1. The van der Waals surface area contributed by atoms with Crippen molar-refractivity contribution >= 4 is 17.7 Å². The summed E-state index contributed by atoms with van der Waals surface area (Å²) in [5.74, 6) is 1.37. The van der Waals surface area contributed by atoms with Gasteiger partial charge in [-0.05, 0) is 31.1 Å². The molecule has 0 aliphatic heterocycles. The summed E-state index contributed by atoms with van der Waals surface area (Å²) in [6.07, 6.45) is 1.70. The van der Waals surface area contributed by atoms with Crippen molar-refractivity contribution in [1.82, 2.24) is 5.32 Å². The van der Waals surface area contributed by atoms with Crippen LogP contribution in [0, 0.1) is 0 Å². The van der Waals surface area contributed by atoms with Crippen LogP contribution in [0.2, 0.25) is 0 Å². The van der Waals surface area contributed by atoms with E-state index in [1.165, 1.54) is 5.56 Å². The van der Waals surface area contributed by atoms with Crippen LogP contribution in [0.25, 0.3) is 0 Å². The van der Waals surface area contributed by atoms with Crippen LogP contribution in [0.4, 0.5) is 0 Å². The maximum Gasteiger partial charge on any atom is 0.230 e. The highest BCUT2D eigenvalue weighted by Gasteiger charge is 2.22. The molecule has 0 fully saturated rings. The van der Waals surface area contributed by atoms with Crippen LogP contribution in [-0.4, -0.2) is 34.7 Å². The molecule has 0 saturated heterocycles. The zero-order chi connectivity index (χ0) is 14.1. The molecule has 0 aliphatic rings. The van der Waals surface area contributed by atoms with Crippen molar-refractivity contribution in [2.75, 3.05) is 18.1 Å². The third-order valence-electron chi connectivity index (χ3n) is 3.18. The second-order valence-electron chi connectivity index (χ2n) is 4.91. The fraction of sp³-hybridized carbons (Fsp3) is 0.533. The minimum atomic E-state index is -0.489. The number of aliphatic hydroxyl groups excluding tert-OH is 1. The Morgan fingerprint density at radius 1 is 1.37 bits per heavy atom. The fourth-order valence-electron chi connectivity index (χ4n) is 1.61. The Morgan fingerprint density at radius 3 is 2.63 bits per heavy atom. The van der Waals surface area contributed by atoms with E-state index in [-0.39, 0.29) is 12.5 Å². The lowest BCUT2D eigenvalue weighted by Gasteiger charge is -2.27. The largest absolute Gasteiger partial charge is 0.394 e. The maximum atomic E-state index is 11.7. The quantitative estimate of drug-likeness (QED) is 0.719. The SMILES string of the molecule is CCC(C)(CO)NC(=O)CSCCc1ccccc1. The van der Waals surface area contributed by atoms with Crippen molar-refractivity contribution in [3.63, 3.8) is 0 Å². The van der Waals surface area contributed by atoms with E-state index in [0.717, 1.165) is 18.6 Å². The number of hydrogen-bond acceptors (Lipinski definition) is 3. The van der Waals surface area contributed by atoms with Crippen LogP contribution >= 0.6 is 11.8 Å². The number of amides is 1. The molecule has 1 amide bonds. The highest BCUT2D eigenvalue weighted by atomic mass is 32.2. The Kier molecular flexibility index (Phi) is 6.95. The number of carbonyl (C=O) groups excluding carboxylic acids is 1. The molecule has 0 aliphatic carbocycles. The van der Waals surface area contributed by atoms with E-state index in [2.05, 4.69) is 17.4 Å². The van der Waals surface area contributed by atoms with Crippen LogP contribution < -0.4 is 5.32 Å². The van der Waals surface area contributed by atoms with Crippen LogP contribution in [0.1, 0.15) is 25.8 Å². The number of thioether (sulfide) groups is 1. The standard InChI is InChI=1S/C15H23NO2S/c1-3-15(2,12-17)16-14(18)11-19-10-9-13-7-5-4-6-8-13/h4-8,17H,3,9-12H2,1-2H3,(H,16,18). The summed E-state index contributed by atoms with van der Waals surface area (Å²) < 4.78 is 0. The van der Waals surface area contributed by atoms with E-state index < -0.39 is 5.54 Å². The van der Waals surface area contributed by atoms with Gasteiger partial charge in [-0.25, -0.2) is 0 Å². The highest BCUT2D eigenvalue weighted by molar-refractivity contribution is 7.99. The van der Waals surface area contributed by atoms with Crippen molar-refractivity contribution < 1.29 is 9.90 Å². The van der Waals surface area contributed by atoms with Gasteiger partial charge in [-0.3, -0.25) is 4.79 Å². The first-order valence-corrected chi connectivity index (χ1v) is 7.78. The first-order chi connectivity index (χ1) is 9.09. The van der Waals surface area contributed by atoms with Gasteiger partial charge in [0.25, 0.3) is 0 Å². The van der Waals surface area contributed by atoms with Crippen molar-refractivity contribution in [2.45, 2.75) is 32.2 Å². The number of rotatable bonds is 8. The minimum Gasteiger partial charge on any atom is -0.394 e. The maximum absolute atomic E-state index is 11.7. The number of nitrogens with one attached hydrogen (secondary N) is 1. The molecule has 1 atom stereocenters. The van der Waals surface area contributed by atoms with Gasteiger partial charge in [0.15, 0.2) is 0 Å². The molecule has 1 unspecified atom stereocenters. The molecule has 0 heterocycles. The molecule has 4 heteroatoms. The van der Waals surface area contributed by atoms with Gasteiger partial charge < -0.3 is 10.4 Å². The molecular weight excluding hydrogens is 258 g/mol. The van der Waals surface area contributed by atoms with E-state index in [9.17, 15) is 9.90 Å². The molecule has 0 bridgehead atoms. The molecule has 3 nitrogen and oxygen atoms in total. The lowest BCUT2D eigenvalue weighted by Crippen LogP contribution is -2.49. The first kappa shape index (κ1) is 16.1. The van der Waals surface area contributed by atoms with Gasteiger partial charge in [-0.2, -0.15) is 11.8 Å². The summed E-state index contributed by atoms with van der Waals surface area (Å²) in [5, 5.41) is 12.1. The van der Waals surface area contributed by atoms with E-state index in [1.54, 1.807) is 11.8 Å². The highest BCUT2D eigenvalue weighted by Crippen LogP contribution is 2.10. The predicted molar refractivity (Wildman–Crippen MR) is 81.4 cm³/mol. The molecule has 2 N–H and O–H groups in total. The fourth-order valence-corrected chi connectivity index (χ4v) is 2.39. The van der Waals surface area contributed by atoms with Gasteiger partial charge in [-0.15, -0.1) is 0 Å². The monoisotopic (exact) mass is 281 g/mol. The van der Waals surface area contributed by atoms with Gasteiger partial charge in [0.05, 0.1) is 17.9 Å². The number of hydrogen-bond donors (Lipinski definition) is 2. The van der Waals surface area contributed by atoms with Crippen LogP contribution in [-0.2, 0) is 11.2 Å². The van der Waals surface area contributed by atoms with Crippen molar-refractivity contribution in [3.05, 3.63) is 35.9 Å². The minimum absolute atomic E-state index is 0.00328. The lowest BCUT2D eigenvalue weighted by molar-refractivity contribution is -0.120. The molecule has 0 spiro atoms. The number of carbonyl (C=O) groups is 1. The molecule has 1 aromatic carbocycles. The third-order valence-corrected chi connectivity index (χ3v) is 4.14. The smallest absolute Gasteiger partial charge is 0.230 e. The molecule has 0 aromatic heterocycles. The van der Waals surface area contributed by atoms with Gasteiger partial charge >= 0.3 is 0 Å². The summed E-state index contributed by atoms with van der Waals surface area (Å²) >= 11 is 1.62. The van der Waals surface area contributed by atoms with Crippen LogP contribution in [0.3, 0.4) is 0 Å². The second kappa shape index (κ2) is 8.23. The Bertz CT molecular complexity index is 377. The zero-order valence-corrected chi connectivity index (χ0v) is 12.5. The van der Waals surface area contributed by atoms with Crippen LogP contribution in [0.5, 0.6) is 0 Å². The zero-order valence-electron chi connectivity index (χ0n) is 11.7. The topological polar surface area (TPSA) is 49.3 Å². The molecule has 106 valence electrons. The molecule has 1 rings (SSSR count). The summed E-state index contributed by atoms with van der Waals surface area (Å²) in [5.41, 5.74) is 0.807. The Morgan fingerprint density at radius 2 is 2.05 bits per heavy atom. The van der Waals surface area contributed by atoms with Crippen LogP contribution in [0.15, 0.2) is 30.3 Å². The first-order valence-electron chi connectivity index (χ1n) is 6.63. The summed E-state index contributed by atoms with van der Waals surface area (Å²) in [4.78, 5) is 11.7. The average molecular weight is 281 g/mol. The lowest BCUT2D eigenvalue weighted by atomic mass is 10.0. The summed E-state index contributed by atoms with van der Waals surface area (Å²) in [6.45, 7) is 3.79. The number of benzene rings is 1. The van der Waals surface area contributed by atoms with Gasteiger partial charge in [0.1, 0.15) is 0 Å². The van der Waals surface area contributed by atoms with Crippen molar-refractivity contribution in [1.29, 1.82) is 0 Å².